The van der Waals surface area contributed by atoms with Crippen LogP contribution in [-0.2, 0) is 22.6 Å². The summed E-state index contributed by atoms with van der Waals surface area (Å²) in [4.78, 5) is 28.7. The van der Waals surface area contributed by atoms with Crippen molar-refractivity contribution in [2.75, 3.05) is 26.2 Å². The molecule has 1 unspecified atom stereocenters. The lowest BCUT2D eigenvalue weighted by Crippen LogP contribution is -2.52. The van der Waals surface area contributed by atoms with Crippen LogP contribution < -0.4 is 16.4 Å². The summed E-state index contributed by atoms with van der Waals surface area (Å²) in [6, 6.07) is 24.1. The van der Waals surface area contributed by atoms with Crippen LogP contribution in [0.5, 0.6) is 0 Å². The van der Waals surface area contributed by atoms with E-state index in [1.54, 1.807) is 0 Å². The van der Waals surface area contributed by atoms with Gasteiger partial charge in [0.25, 0.3) is 0 Å². The van der Waals surface area contributed by atoms with Gasteiger partial charge in [-0.25, -0.2) is 0 Å². The van der Waals surface area contributed by atoms with Gasteiger partial charge in [-0.2, -0.15) is 0 Å². The Labute approximate surface area is 220 Å². The highest BCUT2D eigenvalue weighted by Crippen LogP contribution is 2.20. The van der Waals surface area contributed by atoms with Gasteiger partial charge in [0, 0.05) is 26.1 Å². The Morgan fingerprint density at radius 1 is 0.972 bits per heavy atom. The van der Waals surface area contributed by atoms with Gasteiger partial charge in [-0.3, -0.25) is 14.5 Å². The van der Waals surface area contributed by atoms with E-state index in [4.69, 9.17) is 5.73 Å². The Hall–Kier alpha value is -2.93. The minimum Gasteiger partial charge on any atom is -0.354 e. The molecule has 4 N–H and O–H groups in total. The zero-order chi connectivity index (χ0) is 24.5. The van der Waals surface area contributed by atoms with Crippen molar-refractivity contribution in [3.05, 3.63) is 83.9 Å². The molecule has 4 rings (SSSR count). The molecule has 1 aliphatic heterocycles. The van der Waals surface area contributed by atoms with E-state index in [2.05, 4.69) is 51.9 Å². The fraction of sp³-hybridized carbons (Fsp3) is 0.379. The summed E-state index contributed by atoms with van der Waals surface area (Å²) in [6.07, 6.45) is 2.97. The number of hydrogen-bond acceptors (Lipinski definition) is 4. The number of nitrogens with two attached hydrogens (primary N) is 1. The fourth-order valence-corrected chi connectivity index (χ4v) is 4.79. The molecule has 7 heteroatoms. The highest BCUT2D eigenvalue weighted by molar-refractivity contribution is 5.89. The smallest absolute Gasteiger partial charge is 0.242 e. The first kappa shape index (κ1) is 27.7. The van der Waals surface area contributed by atoms with Gasteiger partial charge in [0.05, 0.1) is 5.92 Å². The van der Waals surface area contributed by atoms with E-state index in [0.29, 0.717) is 32.5 Å². The van der Waals surface area contributed by atoms with E-state index in [0.717, 1.165) is 42.3 Å². The first-order valence-electron chi connectivity index (χ1n) is 12.6. The minimum atomic E-state index is -0.620. The maximum atomic E-state index is 13.3. The number of likely N-dealkylation sites (tertiary alicyclic amines) is 1. The Kier molecular flexibility index (Phi) is 10.7. The topological polar surface area (TPSA) is 87.5 Å². The standard InChI is InChI=1S/C29H36N4O2.ClH/c30-15-7-16-31-29(35)27(19-23-13-14-24-10-4-5-11-25(24)18-23)32-28(34)26-12-6-17-33(21-26)20-22-8-2-1-3-9-22;/h1-5,8-11,13-14,18,26-27H,6-7,12,15-17,19-21,30H2,(H,31,35)(H,32,34);1H/t26?,27-;/m1./s1. The maximum Gasteiger partial charge on any atom is 0.242 e. The minimum absolute atomic E-state index is 0. The molecule has 1 heterocycles. The summed E-state index contributed by atoms with van der Waals surface area (Å²) in [6.45, 7) is 3.55. The monoisotopic (exact) mass is 508 g/mol. The summed E-state index contributed by atoms with van der Waals surface area (Å²) in [5, 5.41) is 8.32. The normalized spacial score (nSPS) is 16.6. The summed E-state index contributed by atoms with van der Waals surface area (Å²) in [5.41, 5.74) is 7.87. The van der Waals surface area contributed by atoms with Crippen molar-refractivity contribution in [2.24, 2.45) is 11.7 Å². The number of halogens is 1. The SMILES string of the molecule is Cl.NCCCNC(=O)[C@@H](Cc1ccc2ccccc2c1)NC(=O)C1CCCN(Cc2ccccc2)C1. The lowest BCUT2D eigenvalue weighted by molar-refractivity contribution is -0.132. The van der Waals surface area contributed by atoms with E-state index in [9.17, 15) is 9.59 Å². The number of nitrogens with zero attached hydrogens (tertiary/aromatic N) is 1. The lowest BCUT2D eigenvalue weighted by atomic mass is 9.95. The number of fused-ring (bicyclic) bond motifs is 1. The fourth-order valence-electron chi connectivity index (χ4n) is 4.79. The number of nitrogens with one attached hydrogen (secondary N) is 2. The molecule has 1 saturated heterocycles. The molecule has 1 fully saturated rings. The number of piperidine rings is 1. The van der Waals surface area contributed by atoms with Crippen LogP contribution in [-0.4, -0.2) is 48.9 Å². The Morgan fingerprint density at radius 3 is 2.50 bits per heavy atom. The van der Waals surface area contributed by atoms with Gasteiger partial charge >= 0.3 is 0 Å². The molecule has 6 nitrogen and oxygen atoms in total. The molecule has 1 aliphatic rings. The molecule has 36 heavy (non-hydrogen) atoms. The lowest BCUT2D eigenvalue weighted by Gasteiger charge is -2.33. The van der Waals surface area contributed by atoms with Crippen LogP contribution in [0.2, 0.25) is 0 Å². The van der Waals surface area contributed by atoms with Crippen molar-refractivity contribution >= 4 is 35.0 Å². The Balaban J connectivity index is 0.00000361. The van der Waals surface area contributed by atoms with Gasteiger partial charge in [0.1, 0.15) is 6.04 Å². The average Bonchev–Trinajstić information content (AvgIpc) is 2.89. The molecule has 0 radical (unpaired) electrons. The van der Waals surface area contributed by atoms with Gasteiger partial charge < -0.3 is 16.4 Å². The van der Waals surface area contributed by atoms with Crippen LogP contribution in [0.25, 0.3) is 10.8 Å². The van der Waals surface area contributed by atoms with E-state index < -0.39 is 6.04 Å². The predicted molar refractivity (Wildman–Crippen MR) is 148 cm³/mol. The van der Waals surface area contributed by atoms with Crippen LogP contribution in [0.15, 0.2) is 72.8 Å². The maximum absolute atomic E-state index is 13.3. The van der Waals surface area contributed by atoms with E-state index in [1.807, 2.05) is 36.4 Å². The van der Waals surface area contributed by atoms with Gasteiger partial charge in [-0.15, -0.1) is 12.4 Å². The molecule has 3 aromatic rings. The molecule has 0 spiro atoms. The zero-order valence-electron chi connectivity index (χ0n) is 20.7. The Morgan fingerprint density at radius 2 is 1.72 bits per heavy atom. The highest BCUT2D eigenvalue weighted by atomic mass is 35.5. The number of carbonyl (C=O) groups is 2. The van der Waals surface area contributed by atoms with Crippen molar-refractivity contribution in [3.63, 3.8) is 0 Å². The number of hydrogen-bond donors (Lipinski definition) is 3. The van der Waals surface area contributed by atoms with Crippen molar-refractivity contribution in [2.45, 2.75) is 38.3 Å². The third-order valence-corrected chi connectivity index (χ3v) is 6.69. The number of rotatable bonds is 10. The quantitative estimate of drug-likeness (QED) is 0.365. The second-order valence-corrected chi connectivity index (χ2v) is 9.44. The zero-order valence-corrected chi connectivity index (χ0v) is 21.5. The molecule has 192 valence electrons. The average molecular weight is 509 g/mol. The van der Waals surface area contributed by atoms with Crippen LogP contribution in [0.1, 0.15) is 30.4 Å². The predicted octanol–water partition coefficient (Wildman–Crippen LogP) is 3.67. The van der Waals surface area contributed by atoms with Crippen LogP contribution >= 0.6 is 12.4 Å². The highest BCUT2D eigenvalue weighted by Gasteiger charge is 2.29. The van der Waals surface area contributed by atoms with Gasteiger partial charge in [0.2, 0.25) is 11.8 Å². The first-order chi connectivity index (χ1) is 17.1. The molecule has 0 aliphatic carbocycles. The summed E-state index contributed by atoms with van der Waals surface area (Å²) >= 11 is 0. The van der Waals surface area contributed by atoms with Gasteiger partial charge in [-0.1, -0.05) is 72.8 Å². The Bertz CT molecular complexity index is 1120. The second-order valence-electron chi connectivity index (χ2n) is 9.44. The van der Waals surface area contributed by atoms with Crippen molar-refractivity contribution in [1.29, 1.82) is 0 Å². The molecular formula is C29H37ClN4O2. The van der Waals surface area contributed by atoms with E-state index in [-0.39, 0.29) is 30.1 Å². The van der Waals surface area contributed by atoms with Crippen LogP contribution in [0.3, 0.4) is 0 Å². The van der Waals surface area contributed by atoms with E-state index >= 15 is 0 Å². The largest absolute Gasteiger partial charge is 0.354 e. The third kappa shape index (κ3) is 7.79. The van der Waals surface area contributed by atoms with Gasteiger partial charge in [-0.05, 0) is 54.3 Å². The van der Waals surface area contributed by atoms with Gasteiger partial charge in [0.15, 0.2) is 0 Å². The third-order valence-electron chi connectivity index (χ3n) is 6.69. The van der Waals surface area contributed by atoms with Crippen molar-refractivity contribution in [1.82, 2.24) is 15.5 Å². The molecule has 2 atom stereocenters. The number of carbonyl (C=O) groups excluding carboxylic acids is 2. The molecule has 0 aromatic heterocycles. The van der Waals surface area contributed by atoms with Crippen molar-refractivity contribution < 1.29 is 9.59 Å². The molecule has 0 bridgehead atoms. The summed E-state index contributed by atoms with van der Waals surface area (Å²) in [7, 11) is 0. The number of amides is 2. The van der Waals surface area contributed by atoms with Crippen molar-refractivity contribution in [3.8, 4) is 0 Å². The van der Waals surface area contributed by atoms with E-state index in [1.165, 1.54) is 5.56 Å². The van der Waals surface area contributed by atoms with Crippen LogP contribution in [0, 0.1) is 5.92 Å². The van der Waals surface area contributed by atoms with Crippen LogP contribution in [0.4, 0.5) is 0 Å². The number of benzene rings is 3. The first-order valence-corrected chi connectivity index (χ1v) is 12.6. The summed E-state index contributed by atoms with van der Waals surface area (Å²) < 4.78 is 0. The molecule has 2 amide bonds. The second kappa shape index (κ2) is 14.0. The summed E-state index contributed by atoms with van der Waals surface area (Å²) in [5.74, 6) is -0.317. The molecular weight excluding hydrogens is 472 g/mol. The molecule has 0 saturated carbocycles. The molecule has 3 aromatic carbocycles.